The molecule has 0 unspecified atom stereocenters. The van der Waals surface area contributed by atoms with Crippen molar-refractivity contribution in [2.24, 2.45) is 0 Å². The van der Waals surface area contributed by atoms with Gasteiger partial charge in [-0.25, -0.2) is 4.79 Å². The average molecular weight is 324 g/mol. The van der Waals surface area contributed by atoms with E-state index in [1.165, 1.54) is 6.07 Å². The highest BCUT2D eigenvalue weighted by atomic mass is 16.5. The van der Waals surface area contributed by atoms with Crippen LogP contribution in [0, 0.1) is 6.92 Å². The molecule has 6 heteroatoms. The van der Waals surface area contributed by atoms with Gasteiger partial charge in [-0.2, -0.15) is 0 Å². The van der Waals surface area contributed by atoms with Crippen molar-refractivity contribution in [1.29, 1.82) is 0 Å². The van der Waals surface area contributed by atoms with E-state index in [0.717, 1.165) is 16.6 Å². The molecule has 24 heavy (non-hydrogen) atoms. The Morgan fingerprint density at radius 2 is 2.12 bits per heavy atom. The number of pyridine rings is 1. The van der Waals surface area contributed by atoms with Gasteiger partial charge >= 0.3 is 11.6 Å². The molecule has 0 aliphatic carbocycles. The average Bonchev–Trinajstić information content (AvgIpc) is 2.55. The highest BCUT2D eigenvalue weighted by molar-refractivity contribution is 5.82. The van der Waals surface area contributed by atoms with Crippen LogP contribution < -0.4 is 15.7 Å². The lowest BCUT2D eigenvalue weighted by Crippen LogP contribution is -2.26. The standard InChI is InChI=1S/C18H16N2O4/c1-12-8-17(21)24-16-9-14(5-6-15(12)16)23-18(22)11-19-10-13-4-2-3-7-20-13/h2-9,19H,10-11H2,1H3. The fraction of sp³-hybridized carbons (Fsp3) is 0.167. The molecule has 122 valence electrons. The number of esters is 1. The van der Waals surface area contributed by atoms with E-state index in [1.54, 1.807) is 24.4 Å². The lowest BCUT2D eigenvalue weighted by atomic mass is 10.1. The molecule has 0 bridgehead atoms. The van der Waals surface area contributed by atoms with Crippen molar-refractivity contribution in [3.05, 3.63) is 70.3 Å². The van der Waals surface area contributed by atoms with Gasteiger partial charge in [0.15, 0.2) is 0 Å². The van der Waals surface area contributed by atoms with Crippen molar-refractivity contribution in [3.63, 3.8) is 0 Å². The van der Waals surface area contributed by atoms with Crippen LogP contribution >= 0.6 is 0 Å². The lowest BCUT2D eigenvalue weighted by Gasteiger charge is -2.07. The van der Waals surface area contributed by atoms with Gasteiger partial charge < -0.3 is 14.5 Å². The minimum atomic E-state index is -0.430. The van der Waals surface area contributed by atoms with E-state index in [4.69, 9.17) is 9.15 Å². The fourth-order valence-electron chi connectivity index (χ4n) is 2.33. The summed E-state index contributed by atoms with van der Waals surface area (Å²) in [6, 6.07) is 12.0. The molecular formula is C18H16N2O4. The molecule has 0 saturated carbocycles. The minimum Gasteiger partial charge on any atom is -0.425 e. The largest absolute Gasteiger partial charge is 0.425 e. The van der Waals surface area contributed by atoms with Gasteiger partial charge in [0.1, 0.15) is 11.3 Å². The predicted molar refractivity (Wildman–Crippen MR) is 88.8 cm³/mol. The Hall–Kier alpha value is -2.99. The van der Waals surface area contributed by atoms with Crippen LogP contribution in [-0.4, -0.2) is 17.5 Å². The number of carbonyl (C=O) groups excluding carboxylic acids is 1. The number of hydrogen-bond donors (Lipinski definition) is 1. The maximum absolute atomic E-state index is 11.9. The fourth-order valence-corrected chi connectivity index (χ4v) is 2.33. The number of hydrogen-bond acceptors (Lipinski definition) is 6. The van der Waals surface area contributed by atoms with Crippen LogP contribution in [0.4, 0.5) is 0 Å². The number of aryl methyl sites for hydroxylation is 1. The van der Waals surface area contributed by atoms with Gasteiger partial charge in [-0.3, -0.25) is 9.78 Å². The second kappa shape index (κ2) is 7.06. The van der Waals surface area contributed by atoms with Crippen molar-refractivity contribution in [2.75, 3.05) is 6.54 Å². The van der Waals surface area contributed by atoms with E-state index >= 15 is 0 Å². The normalized spacial score (nSPS) is 10.7. The van der Waals surface area contributed by atoms with Gasteiger partial charge in [0.05, 0.1) is 12.2 Å². The molecular weight excluding hydrogens is 308 g/mol. The molecule has 0 radical (unpaired) electrons. The molecule has 0 fully saturated rings. The number of rotatable bonds is 5. The summed E-state index contributed by atoms with van der Waals surface area (Å²) in [7, 11) is 0. The molecule has 2 heterocycles. The van der Waals surface area contributed by atoms with Crippen molar-refractivity contribution < 1.29 is 13.9 Å². The molecule has 6 nitrogen and oxygen atoms in total. The van der Waals surface area contributed by atoms with Crippen LogP contribution in [0.25, 0.3) is 11.0 Å². The second-order valence-corrected chi connectivity index (χ2v) is 5.31. The first kappa shape index (κ1) is 15.9. The summed E-state index contributed by atoms with van der Waals surface area (Å²) in [5, 5.41) is 3.77. The highest BCUT2D eigenvalue weighted by Gasteiger charge is 2.08. The molecule has 0 atom stereocenters. The topological polar surface area (TPSA) is 81.4 Å². The second-order valence-electron chi connectivity index (χ2n) is 5.31. The molecule has 0 amide bonds. The number of benzene rings is 1. The van der Waals surface area contributed by atoms with Crippen molar-refractivity contribution in [3.8, 4) is 5.75 Å². The van der Waals surface area contributed by atoms with Crippen LogP contribution in [0.1, 0.15) is 11.3 Å². The van der Waals surface area contributed by atoms with Crippen molar-refractivity contribution >= 4 is 16.9 Å². The number of carbonyl (C=O) groups is 1. The third kappa shape index (κ3) is 3.85. The first-order valence-electron chi connectivity index (χ1n) is 7.47. The quantitative estimate of drug-likeness (QED) is 0.440. The molecule has 0 aliphatic rings. The van der Waals surface area contributed by atoms with Crippen LogP contribution in [0.2, 0.25) is 0 Å². The summed E-state index contributed by atoms with van der Waals surface area (Å²) < 4.78 is 10.4. The third-order valence-corrected chi connectivity index (χ3v) is 3.46. The zero-order valence-corrected chi connectivity index (χ0v) is 13.1. The monoisotopic (exact) mass is 324 g/mol. The number of nitrogens with one attached hydrogen (secondary N) is 1. The number of nitrogens with zero attached hydrogens (tertiary/aromatic N) is 1. The van der Waals surface area contributed by atoms with Crippen LogP contribution in [0.3, 0.4) is 0 Å². The lowest BCUT2D eigenvalue weighted by molar-refractivity contribution is -0.133. The Kier molecular flexibility index (Phi) is 4.67. The summed E-state index contributed by atoms with van der Waals surface area (Å²) in [6.07, 6.45) is 1.69. The van der Waals surface area contributed by atoms with Crippen LogP contribution in [0.15, 0.2) is 57.9 Å². The van der Waals surface area contributed by atoms with E-state index < -0.39 is 11.6 Å². The number of ether oxygens (including phenoxy) is 1. The molecule has 2 aromatic heterocycles. The Balaban J connectivity index is 1.62. The van der Waals surface area contributed by atoms with E-state index in [1.807, 2.05) is 25.1 Å². The highest BCUT2D eigenvalue weighted by Crippen LogP contribution is 2.22. The summed E-state index contributed by atoms with van der Waals surface area (Å²) >= 11 is 0. The first-order chi connectivity index (χ1) is 11.6. The van der Waals surface area contributed by atoms with E-state index in [-0.39, 0.29) is 6.54 Å². The van der Waals surface area contributed by atoms with Crippen LogP contribution in [-0.2, 0) is 11.3 Å². The molecule has 0 spiro atoms. The first-order valence-corrected chi connectivity index (χ1v) is 7.47. The number of fused-ring (bicyclic) bond motifs is 1. The van der Waals surface area contributed by atoms with Gasteiger partial charge in [0.25, 0.3) is 0 Å². The Bertz CT molecular complexity index is 919. The van der Waals surface area contributed by atoms with Crippen LogP contribution in [0.5, 0.6) is 5.75 Å². The molecule has 3 rings (SSSR count). The smallest absolute Gasteiger partial charge is 0.336 e. The predicted octanol–water partition coefficient (Wildman–Crippen LogP) is 2.19. The summed E-state index contributed by atoms with van der Waals surface area (Å²) in [4.78, 5) is 27.5. The minimum absolute atomic E-state index is 0.0480. The summed E-state index contributed by atoms with van der Waals surface area (Å²) in [5.41, 5.74) is 1.62. The maximum atomic E-state index is 11.9. The van der Waals surface area contributed by atoms with Gasteiger partial charge in [-0.15, -0.1) is 0 Å². The van der Waals surface area contributed by atoms with Crippen molar-refractivity contribution in [1.82, 2.24) is 10.3 Å². The molecule has 1 aromatic carbocycles. The van der Waals surface area contributed by atoms with Crippen molar-refractivity contribution in [2.45, 2.75) is 13.5 Å². The zero-order chi connectivity index (χ0) is 16.9. The maximum Gasteiger partial charge on any atom is 0.336 e. The Labute approximate surface area is 138 Å². The molecule has 3 aromatic rings. The summed E-state index contributed by atoms with van der Waals surface area (Å²) in [6.45, 7) is 2.35. The van der Waals surface area contributed by atoms with E-state index in [0.29, 0.717) is 17.9 Å². The molecule has 0 aliphatic heterocycles. The Morgan fingerprint density at radius 1 is 1.25 bits per heavy atom. The van der Waals surface area contributed by atoms with E-state index in [2.05, 4.69) is 10.3 Å². The van der Waals surface area contributed by atoms with E-state index in [9.17, 15) is 9.59 Å². The van der Waals surface area contributed by atoms with Gasteiger partial charge in [0, 0.05) is 30.3 Å². The Morgan fingerprint density at radius 3 is 2.92 bits per heavy atom. The SMILES string of the molecule is Cc1cc(=O)oc2cc(OC(=O)CNCc3ccccn3)ccc12. The number of aromatic nitrogens is 1. The molecule has 0 saturated heterocycles. The van der Waals surface area contributed by atoms with Gasteiger partial charge in [0.2, 0.25) is 0 Å². The summed E-state index contributed by atoms with van der Waals surface area (Å²) in [5.74, 6) is -0.0961. The zero-order valence-electron chi connectivity index (χ0n) is 13.1. The van der Waals surface area contributed by atoms with Gasteiger partial charge in [-0.05, 0) is 36.8 Å². The molecule has 1 N–H and O–H groups in total. The third-order valence-electron chi connectivity index (χ3n) is 3.46. The van der Waals surface area contributed by atoms with Gasteiger partial charge in [-0.1, -0.05) is 6.07 Å².